The fourth-order valence-corrected chi connectivity index (χ4v) is 5.21. The van der Waals surface area contributed by atoms with Crippen LogP contribution < -0.4 is 10.9 Å². The number of hydrogen-bond acceptors (Lipinski definition) is 5. The van der Waals surface area contributed by atoms with Crippen LogP contribution in [0.5, 0.6) is 0 Å². The van der Waals surface area contributed by atoms with Crippen molar-refractivity contribution in [3.05, 3.63) is 86.3 Å². The number of benzene rings is 2. The number of hydrogen-bond donors (Lipinski definition) is 1. The van der Waals surface area contributed by atoms with Gasteiger partial charge in [-0.15, -0.1) is 11.3 Å². The summed E-state index contributed by atoms with van der Waals surface area (Å²) < 4.78 is 15.4. The SMILES string of the molecule is Cc1cc(C)c(NC(=O)CSc2nc3ccsc3c(=O)n2Cc2ccc(F)cc2)c(C)c1. The maximum absolute atomic E-state index is 13.3. The van der Waals surface area contributed by atoms with Gasteiger partial charge in [0.15, 0.2) is 5.16 Å². The fourth-order valence-electron chi connectivity index (χ4n) is 3.63. The molecule has 4 aromatic rings. The van der Waals surface area contributed by atoms with Gasteiger partial charge >= 0.3 is 0 Å². The second-order valence-corrected chi connectivity index (χ2v) is 9.52. The zero-order valence-corrected chi connectivity index (χ0v) is 19.6. The Balaban J connectivity index is 1.59. The first-order valence-electron chi connectivity index (χ1n) is 10.0. The lowest BCUT2D eigenvalue weighted by atomic mass is 10.1. The summed E-state index contributed by atoms with van der Waals surface area (Å²) in [6, 6.07) is 11.9. The van der Waals surface area contributed by atoms with Crippen molar-refractivity contribution in [3.63, 3.8) is 0 Å². The van der Waals surface area contributed by atoms with Crippen LogP contribution >= 0.6 is 23.1 Å². The lowest BCUT2D eigenvalue weighted by molar-refractivity contribution is -0.113. The summed E-state index contributed by atoms with van der Waals surface area (Å²) in [5.41, 5.74) is 5.20. The van der Waals surface area contributed by atoms with Crippen LogP contribution in [0.3, 0.4) is 0 Å². The van der Waals surface area contributed by atoms with E-state index < -0.39 is 0 Å². The normalized spacial score (nSPS) is 11.1. The van der Waals surface area contributed by atoms with Gasteiger partial charge in [0.05, 0.1) is 17.8 Å². The molecule has 2 aromatic heterocycles. The largest absolute Gasteiger partial charge is 0.325 e. The van der Waals surface area contributed by atoms with Crippen LogP contribution in [0.15, 0.2) is 57.8 Å². The zero-order valence-electron chi connectivity index (χ0n) is 17.9. The van der Waals surface area contributed by atoms with E-state index in [1.54, 1.807) is 22.8 Å². The Labute approximate surface area is 193 Å². The Hall–Kier alpha value is -2.97. The highest BCUT2D eigenvalue weighted by Crippen LogP contribution is 2.24. The van der Waals surface area contributed by atoms with E-state index in [4.69, 9.17) is 0 Å². The molecule has 2 heterocycles. The monoisotopic (exact) mass is 467 g/mol. The number of fused-ring (bicyclic) bond motifs is 1. The average molecular weight is 468 g/mol. The van der Waals surface area contributed by atoms with E-state index in [9.17, 15) is 14.0 Å². The van der Waals surface area contributed by atoms with Crippen LogP contribution in [0.1, 0.15) is 22.3 Å². The third-order valence-corrected chi connectivity index (χ3v) is 6.93. The summed E-state index contributed by atoms with van der Waals surface area (Å²) >= 11 is 2.55. The van der Waals surface area contributed by atoms with Crippen LogP contribution in [-0.2, 0) is 11.3 Å². The molecular weight excluding hydrogens is 445 g/mol. The summed E-state index contributed by atoms with van der Waals surface area (Å²) in [5, 5.41) is 5.26. The molecule has 0 aliphatic rings. The van der Waals surface area contributed by atoms with Gasteiger partial charge in [0.1, 0.15) is 10.5 Å². The van der Waals surface area contributed by atoms with Crippen molar-refractivity contribution in [2.24, 2.45) is 0 Å². The Morgan fingerprint density at radius 3 is 2.50 bits per heavy atom. The van der Waals surface area contributed by atoms with Gasteiger partial charge in [-0.1, -0.05) is 41.6 Å². The van der Waals surface area contributed by atoms with Crippen molar-refractivity contribution in [1.82, 2.24) is 9.55 Å². The van der Waals surface area contributed by atoms with E-state index >= 15 is 0 Å². The first-order valence-corrected chi connectivity index (χ1v) is 11.9. The summed E-state index contributed by atoms with van der Waals surface area (Å²) in [6.45, 7) is 6.21. The number of nitrogens with one attached hydrogen (secondary N) is 1. The molecule has 0 radical (unpaired) electrons. The van der Waals surface area contributed by atoms with E-state index in [1.165, 1.54) is 35.2 Å². The standard InChI is InChI=1S/C24H22FN3O2S2/c1-14-10-15(2)21(16(3)11-14)27-20(29)13-32-24-26-19-8-9-31-22(19)23(30)28(24)12-17-4-6-18(25)7-5-17/h4-11H,12-13H2,1-3H3,(H,27,29). The molecule has 5 nitrogen and oxygen atoms in total. The Morgan fingerprint density at radius 1 is 1.12 bits per heavy atom. The van der Waals surface area contributed by atoms with Crippen molar-refractivity contribution in [2.45, 2.75) is 32.5 Å². The predicted molar refractivity (Wildman–Crippen MR) is 129 cm³/mol. The molecule has 4 rings (SSSR count). The number of aryl methyl sites for hydroxylation is 3. The predicted octanol–water partition coefficient (Wildman–Crippen LogP) is 5.30. The van der Waals surface area contributed by atoms with Crippen molar-refractivity contribution in [3.8, 4) is 0 Å². The van der Waals surface area contributed by atoms with Crippen LogP contribution in [0.4, 0.5) is 10.1 Å². The number of carbonyl (C=O) groups excluding carboxylic acids is 1. The molecule has 0 unspecified atom stereocenters. The second kappa shape index (κ2) is 9.26. The van der Waals surface area contributed by atoms with Crippen LogP contribution in [0, 0.1) is 26.6 Å². The molecule has 0 saturated carbocycles. The molecule has 0 aliphatic heterocycles. The molecule has 2 aromatic carbocycles. The van der Waals surface area contributed by atoms with Gasteiger partial charge in [-0.2, -0.15) is 0 Å². The number of rotatable bonds is 6. The topological polar surface area (TPSA) is 64.0 Å². The van der Waals surface area contributed by atoms with Gasteiger partial charge in [0, 0.05) is 5.69 Å². The minimum atomic E-state index is -0.333. The second-order valence-electron chi connectivity index (χ2n) is 7.66. The minimum absolute atomic E-state index is 0.109. The molecule has 32 heavy (non-hydrogen) atoms. The number of halogens is 1. The third-order valence-electron chi connectivity index (χ3n) is 5.06. The van der Waals surface area contributed by atoms with Gasteiger partial charge in [0.2, 0.25) is 5.91 Å². The number of aromatic nitrogens is 2. The molecule has 1 amide bonds. The number of thioether (sulfide) groups is 1. The maximum Gasteiger partial charge on any atom is 0.272 e. The fraction of sp³-hybridized carbons (Fsp3) is 0.208. The Kier molecular flexibility index (Phi) is 6.43. The molecule has 0 atom stereocenters. The van der Waals surface area contributed by atoms with Gasteiger partial charge in [0.25, 0.3) is 5.56 Å². The van der Waals surface area contributed by atoms with Gasteiger partial charge < -0.3 is 5.32 Å². The van der Waals surface area contributed by atoms with E-state index in [1.807, 2.05) is 38.3 Å². The molecule has 0 fully saturated rings. The van der Waals surface area contributed by atoms with Gasteiger partial charge in [-0.3, -0.25) is 14.2 Å². The first-order chi connectivity index (χ1) is 15.3. The van der Waals surface area contributed by atoms with E-state index in [2.05, 4.69) is 10.3 Å². The quantitative estimate of drug-likeness (QED) is 0.309. The molecule has 0 bridgehead atoms. The Bertz CT molecular complexity index is 1340. The third kappa shape index (κ3) is 4.76. The number of thiophene rings is 1. The number of nitrogens with zero attached hydrogens (tertiary/aromatic N) is 2. The summed E-state index contributed by atoms with van der Waals surface area (Å²) in [5.74, 6) is -0.392. The van der Waals surface area contributed by atoms with Crippen molar-refractivity contribution in [1.29, 1.82) is 0 Å². The van der Waals surface area contributed by atoms with E-state index in [0.717, 1.165) is 27.9 Å². The minimum Gasteiger partial charge on any atom is -0.325 e. The molecule has 1 N–H and O–H groups in total. The number of anilines is 1. The maximum atomic E-state index is 13.3. The van der Waals surface area contributed by atoms with Crippen molar-refractivity contribution >= 4 is 44.9 Å². The van der Waals surface area contributed by atoms with Crippen molar-refractivity contribution in [2.75, 3.05) is 11.1 Å². The summed E-state index contributed by atoms with van der Waals surface area (Å²) in [4.78, 5) is 30.4. The molecule has 0 aliphatic carbocycles. The van der Waals surface area contributed by atoms with Gasteiger partial charge in [-0.25, -0.2) is 9.37 Å². The lowest BCUT2D eigenvalue weighted by Crippen LogP contribution is -2.24. The highest BCUT2D eigenvalue weighted by Gasteiger charge is 2.16. The van der Waals surface area contributed by atoms with Crippen LogP contribution in [-0.4, -0.2) is 21.2 Å². The average Bonchev–Trinajstić information content (AvgIpc) is 3.22. The molecule has 0 saturated heterocycles. The number of amides is 1. The summed E-state index contributed by atoms with van der Waals surface area (Å²) in [7, 11) is 0. The van der Waals surface area contributed by atoms with Crippen LogP contribution in [0.2, 0.25) is 0 Å². The smallest absolute Gasteiger partial charge is 0.272 e. The number of carbonyl (C=O) groups is 1. The first kappa shape index (κ1) is 22.2. The van der Waals surface area contributed by atoms with Gasteiger partial charge in [-0.05, 0) is 61.0 Å². The molecule has 164 valence electrons. The lowest BCUT2D eigenvalue weighted by Gasteiger charge is -2.14. The Morgan fingerprint density at radius 2 is 1.81 bits per heavy atom. The highest BCUT2D eigenvalue weighted by molar-refractivity contribution is 7.99. The van der Waals surface area contributed by atoms with Crippen molar-refractivity contribution < 1.29 is 9.18 Å². The summed E-state index contributed by atoms with van der Waals surface area (Å²) in [6.07, 6.45) is 0. The zero-order chi connectivity index (χ0) is 22.8. The van der Waals surface area contributed by atoms with Crippen LogP contribution in [0.25, 0.3) is 10.2 Å². The van der Waals surface area contributed by atoms with E-state index in [0.29, 0.717) is 15.4 Å². The molecule has 8 heteroatoms. The molecule has 0 spiro atoms. The highest BCUT2D eigenvalue weighted by atomic mass is 32.2. The molecular formula is C24H22FN3O2S2. The van der Waals surface area contributed by atoms with E-state index in [-0.39, 0.29) is 29.6 Å².